The molecule has 9 rings (SSSR count). The van der Waals surface area contributed by atoms with Gasteiger partial charge in [0.05, 0.1) is 22.4 Å². The molecule has 8 aromatic rings. The zero-order valence-electron chi connectivity index (χ0n) is 26.1. The van der Waals surface area contributed by atoms with Crippen molar-refractivity contribution in [2.24, 2.45) is 0 Å². The zero-order chi connectivity index (χ0) is 31.7. The van der Waals surface area contributed by atoms with Crippen LogP contribution in [-0.4, -0.2) is 14.5 Å². The van der Waals surface area contributed by atoms with Gasteiger partial charge in [-0.15, -0.1) is 0 Å². The monoisotopic (exact) mass is 667 g/mol. The lowest BCUT2D eigenvalue weighted by Gasteiger charge is -2.21. The summed E-state index contributed by atoms with van der Waals surface area (Å²) in [6.07, 6.45) is 0. The quantitative estimate of drug-likeness (QED) is 0.187. The Bertz CT molecular complexity index is 2440. The molecule has 224 valence electrons. The van der Waals surface area contributed by atoms with Crippen molar-refractivity contribution in [3.63, 3.8) is 0 Å². The SMILES string of the molecule is CC1(C)c2ccccc2-c2cc3c4cc(Br)ccc4n(-c4cccc(-c5nc(-c6ccccc6)cc(-c6ccccc6)n5)c4)c3cc21. The summed E-state index contributed by atoms with van der Waals surface area (Å²) in [6, 6.07) is 51.7. The van der Waals surface area contributed by atoms with Crippen LogP contribution in [0.2, 0.25) is 0 Å². The third kappa shape index (κ3) is 4.47. The second-order valence-electron chi connectivity index (χ2n) is 12.8. The van der Waals surface area contributed by atoms with E-state index in [4.69, 9.17) is 9.97 Å². The van der Waals surface area contributed by atoms with Gasteiger partial charge in [0.15, 0.2) is 5.82 Å². The van der Waals surface area contributed by atoms with E-state index in [2.05, 4.69) is 168 Å². The van der Waals surface area contributed by atoms with Crippen molar-refractivity contribution in [2.45, 2.75) is 19.3 Å². The second-order valence-corrected chi connectivity index (χ2v) is 13.7. The van der Waals surface area contributed by atoms with Gasteiger partial charge in [0.2, 0.25) is 0 Å². The standard InChI is InChI=1S/C43H30BrN3/c1-43(2)36-19-10-9-18-32(36)33-24-35-34-23-30(44)20-21-40(34)47(41(35)25-37(33)43)31-17-11-16-29(22-31)42-45-38(27-12-5-3-6-13-27)26-39(46-42)28-14-7-4-8-15-28/h3-26H,1-2H3. The highest BCUT2D eigenvalue weighted by atomic mass is 79.9. The summed E-state index contributed by atoms with van der Waals surface area (Å²) in [4.78, 5) is 10.2. The van der Waals surface area contributed by atoms with Gasteiger partial charge >= 0.3 is 0 Å². The molecule has 4 heteroatoms. The molecule has 0 aliphatic heterocycles. The Hall–Kier alpha value is -5.32. The van der Waals surface area contributed by atoms with E-state index in [1.165, 1.54) is 44.1 Å². The van der Waals surface area contributed by atoms with Crippen LogP contribution in [0.4, 0.5) is 0 Å². The first-order chi connectivity index (χ1) is 23.0. The molecule has 0 fully saturated rings. The third-order valence-corrected chi connectivity index (χ3v) is 10.2. The summed E-state index contributed by atoms with van der Waals surface area (Å²) in [5.41, 5.74) is 13.6. The molecule has 0 amide bonds. The van der Waals surface area contributed by atoms with Crippen LogP contribution in [0.3, 0.4) is 0 Å². The van der Waals surface area contributed by atoms with E-state index in [-0.39, 0.29) is 5.41 Å². The van der Waals surface area contributed by atoms with E-state index in [1.807, 2.05) is 12.1 Å². The molecule has 47 heavy (non-hydrogen) atoms. The molecule has 0 radical (unpaired) electrons. The number of rotatable bonds is 4. The Labute approximate surface area is 282 Å². The van der Waals surface area contributed by atoms with Gasteiger partial charge in [-0.2, -0.15) is 0 Å². The Balaban J connectivity index is 1.27. The summed E-state index contributed by atoms with van der Waals surface area (Å²) >= 11 is 3.76. The van der Waals surface area contributed by atoms with Gasteiger partial charge in [-0.05, 0) is 70.8 Å². The molecular weight excluding hydrogens is 638 g/mol. The number of hydrogen-bond acceptors (Lipinski definition) is 2. The first-order valence-corrected chi connectivity index (χ1v) is 16.7. The van der Waals surface area contributed by atoms with Gasteiger partial charge < -0.3 is 4.57 Å². The minimum absolute atomic E-state index is 0.0939. The number of benzene rings is 6. The lowest BCUT2D eigenvalue weighted by Crippen LogP contribution is -2.14. The fourth-order valence-corrected chi connectivity index (χ4v) is 7.70. The van der Waals surface area contributed by atoms with Crippen LogP contribution >= 0.6 is 15.9 Å². The van der Waals surface area contributed by atoms with E-state index in [0.29, 0.717) is 5.82 Å². The van der Waals surface area contributed by atoms with Crippen molar-refractivity contribution in [3.05, 3.63) is 161 Å². The maximum atomic E-state index is 5.12. The van der Waals surface area contributed by atoms with E-state index in [1.54, 1.807) is 0 Å². The largest absolute Gasteiger partial charge is 0.309 e. The summed E-state index contributed by atoms with van der Waals surface area (Å²) in [6.45, 7) is 4.68. The van der Waals surface area contributed by atoms with E-state index < -0.39 is 0 Å². The molecule has 2 aromatic heterocycles. The number of halogens is 1. The number of aromatic nitrogens is 3. The molecule has 1 aliphatic rings. The first-order valence-electron chi connectivity index (χ1n) is 15.9. The van der Waals surface area contributed by atoms with Crippen LogP contribution in [0.5, 0.6) is 0 Å². The predicted octanol–water partition coefficient (Wildman–Crippen LogP) is 11.6. The Morgan fingerprint density at radius 3 is 1.87 bits per heavy atom. The van der Waals surface area contributed by atoms with Gasteiger partial charge in [-0.3, -0.25) is 0 Å². The van der Waals surface area contributed by atoms with Crippen LogP contribution < -0.4 is 0 Å². The molecular formula is C43H30BrN3. The Morgan fingerprint density at radius 1 is 0.511 bits per heavy atom. The van der Waals surface area contributed by atoms with E-state index >= 15 is 0 Å². The van der Waals surface area contributed by atoms with Crippen molar-refractivity contribution in [3.8, 4) is 50.7 Å². The highest BCUT2D eigenvalue weighted by molar-refractivity contribution is 9.10. The first kappa shape index (κ1) is 27.9. The second kappa shape index (κ2) is 10.6. The molecule has 2 heterocycles. The fourth-order valence-electron chi connectivity index (χ4n) is 7.34. The van der Waals surface area contributed by atoms with Crippen LogP contribution in [0.25, 0.3) is 72.5 Å². The highest BCUT2D eigenvalue weighted by Gasteiger charge is 2.36. The van der Waals surface area contributed by atoms with Gasteiger partial charge in [0, 0.05) is 43.0 Å². The normalized spacial score (nSPS) is 13.2. The molecule has 0 bridgehead atoms. The summed E-state index contributed by atoms with van der Waals surface area (Å²) in [7, 11) is 0. The smallest absolute Gasteiger partial charge is 0.160 e. The van der Waals surface area contributed by atoms with Crippen molar-refractivity contribution in [1.82, 2.24) is 14.5 Å². The zero-order valence-corrected chi connectivity index (χ0v) is 27.7. The van der Waals surface area contributed by atoms with Gasteiger partial charge in [0.25, 0.3) is 0 Å². The van der Waals surface area contributed by atoms with Crippen molar-refractivity contribution >= 4 is 37.7 Å². The average molecular weight is 669 g/mol. The summed E-state index contributed by atoms with van der Waals surface area (Å²) in [5.74, 6) is 0.702. The van der Waals surface area contributed by atoms with Gasteiger partial charge in [-0.1, -0.05) is 127 Å². The lowest BCUT2D eigenvalue weighted by molar-refractivity contribution is 0.661. The molecule has 1 aliphatic carbocycles. The van der Waals surface area contributed by atoms with Gasteiger partial charge in [-0.25, -0.2) is 9.97 Å². The number of fused-ring (bicyclic) bond motifs is 6. The Kier molecular flexibility index (Phi) is 6.31. The minimum atomic E-state index is -0.0939. The summed E-state index contributed by atoms with van der Waals surface area (Å²) < 4.78 is 3.47. The molecule has 3 nitrogen and oxygen atoms in total. The van der Waals surface area contributed by atoms with Crippen LogP contribution in [0.15, 0.2) is 150 Å². The van der Waals surface area contributed by atoms with E-state index in [9.17, 15) is 0 Å². The molecule has 0 atom stereocenters. The average Bonchev–Trinajstić information content (AvgIpc) is 3.55. The van der Waals surface area contributed by atoms with Crippen molar-refractivity contribution in [2.75, 3.05) is 0 Å². The topological polar surface area (TPSA) is 30.7 Å². The van der Waals surface area contributed by atoms with Crippen LogP contribution in [0.1, 0.15) is 25.0 Å². The maximum Gasteiger partial charge on any atom is 0.160 e. The predicted molar refractivity (Wildman–Crippen MR) is 198 cm³/mol. The maximum absolute atomic E-state index is 5.12. The third-order valence-electron chi connectivity index (χ3n) is 9.66. The molecule has 0 N–H and O–H groups in total. The Morgan fingerprint density at radius 2 is 1.15 bits per heavy atom. The molecule has 0 spiro atoms. The number of nitrogens with zero attached hydrogens (tertiary/aromatic N) is 3. The van der Waals surface area contributed by atoms with E-state index in [0.717, 1.165) is 38.2 Å². The van der Waals surface area contributed by atoms with Crippen LogP contribution in [-0.2, 0) is 5.41 Å². The molecule has 6 aromatic carbocycles. The minimum Gasteiger partial charge on any atom is -0.309 e. The van der Waals surface area contributed by atoms with Crippen LogP contribution in [0, 0.1) is 0 Å². The number of hydrogen-bond donors (Lipinski definition) is 0. The van der Waals surface area contributed by atoms with Crippen molar-refractivity contribution in [1.29, 1.82) is 0 Å². The lowest BCUT2D eigenvalue weighted by atomic mass is 9.82. The summed E-state index contributed by atoms with van der Waals surface area (Å²) in [5, 5.41) is 2.46. The molecule has 0 unspecified atom stereocenters. The molecule has 0 saturated heterocycles. The molecule has 0 saturated carbocycles. The van der Waals surface area contributed by atoms with Crippen molar-refractivity contribution < 1.29 is 0 Å². The highest BCUT2D eigenvalue weighted by Crippen LogP contribution is 2.51. The fraction of sp³-hybridized carbons (Fsp3) is 0.0698. The van der Waals surface area contributed by atoms with Gasteiger partial charge in [0.1, 0.15) is 0 Å².